The Morgan fingerprint density at radius 3 is 3.00 bits per heavy atom. The fourth-order valence-electron chi connectivity index (χ4n) is 2.03. The standard InChI is InChI=1S/C12H15BrFNO/c1-15(11-4-5-16-8-11)12-3-2-10(14)6-9(12)7-13/h2-3,6,11H,4-5,7-8H2,1H3. The molecule has 1 aliphatic rings. The van der Waals surface area contributed by atoms with Crippen molar-refractivity contribution in [2.24, 2.45) is 0 Å². The van der Waals surface area contributed by atoms with Crippen molar-refractivity contribution < 1.29 is 9.13 Å². The summed E-state index contributed by atoms with van der Waals surface area (Å²) < 4.78 is 18.5. The number of anilines is 1. The summed E-state index contributed by atoms with van der Waals surface area (Å²) in [5.41, 5.74) is 2.06. The Balaban J connectivity index is 2.24. The van der Waals surface area contributed by atoms with Gasteiger partial charge in [0, 0.05) is 24.7 Å². The van der Waals surface area contributed by atoms with Gasteiger partial charge in [-0.3, -0.25) is 0 Å². The van der Waals surface area contributed by atoms with Crippen LogP contribution in [0.4, 0.5) is 10.1 Å². The molecule has 1 unspecified atom stereocenters. The van der Waals surface area contributed by atoms with Gasteiger partial charge in [0.25, 0.3) is 0 Å². The average Bonchev–Trinajstić information content (AvgIpc) is 2.81. The molecule has 16 heavy (non-hydrogen) atoms. The predicted octanol–water partition coefficient (Wildman–Crippen LogP) is 2.95. The van der Waals surface area contributed by atoms with Gasteiger partial charge in [0.15, 0.2) is 0 Å². The quantitative estimate of drug-likeness (QED) is 0.793. The Bertz CT molecular complexity index is 366. The van der Waals surface area contributed by atoms with Gasteiger partial charge in [-0.25, -0.2) is 4.39 Å². The van der Waals surface area contributed by atoms with Crippen LogP contribution in [0, 0.1) is 5.82 Å². The SMILES string of the molecule is CN(c1ccc(F)cc1CBr)C1CCOC1. The fourth-order valence-corrected chi connectivity index (χ4v) is 2.48. The Kier molecular flexibility index (Phi) is 3.82. The maximum absolute atomic E-state index is 13.1. The van der Waals surface area contributed by atoms with E-state index in [2.05, 4.69) is 20.8 Å². The van der Waals surface area contributed by atoms with E-state index in [0.29, 0.717) is 11.4 Å². The number of likely N-dealkylation sites (N-methyl/N-ethyl adjacent to an activating group) is 1. The molecule has 1 aromatic carbocycles. The third-order valence-corrected chi connectivity index (χ3v) is 3.62. The number of hydrogen-bond acceptors (Lipinski definition) is 2. The Morgan fingerprint density at radius 2 is 2.38 bits per heavy atom. The molecule has 1 atom stereocenters. The minimum Gasteiger partial charge on any atom is -0.379 e. The lowest BCUT2D eigenvalue weighted by atomic mass is 10.1. The monoisotopic (exact) mass is 287 g/mol. The fraction of sp³-hybridized carbons (Fsp3) is 0.500. The van der Waals surface area contributed by atoms with Crippen molar-refractivity contribution >= 4 is 21.6 Å². The van der Waals surface area contributed by atoms with E-state index in [1.807, 2.05) is 13.1 Å². The number of hydrogen-bond donors (Lipinski definition) is 0. The zero-order chi connectivity index (χ0) is 11.5. The summed E-state index contributed by atoms with van der Waals surface area (Å²) >= 11 is 3.39. The minimum absolute atomic E-state index is 0.186. The molecule has 0 saturated carbocycles. The van der Waals surface area contributed by atoms with Crippen LogP contribution in [0.15, 0.2) is 18.2 Å². The first kappa shape index (κ1) is 11.9. The molecule has 0 N–H and O–H groups in total. The summed E-state index contributed by atoms with van der Waals surface area (Å²) in [6, 6.07) is 5.33. The van der Waals surface area contributed by atoms with Gasteiger partial charge in [-0.2, -0.15) is 0 Å². The molecule has 4 heteroatoms. The number of ether oxygens (including phenoxy) is 1. The van der Waals surface area contributed by atoms with Crippen molar-refractivity contribution in [2.75, 3.05) is 25.2 Å². The highest BCUT2D eigenvalue weighted by Crippen LogP contribution is 2.26. The molecule has 1 fully saturated rings. The zero-order valence-electron chi connectivity index (χ0n) is 9.25. The molecular formula is C12H15BrFNO. The van der Waals surface area contributed by atoms with Crippen LogP contribution < -0.4 is 4.90 Å². The smallest absolute Gasteiger partial charge is 0.123 e. The molecule has 1 aromatic rings. The van der Waals surface area contributed by atoms with Gasteiger partial charge < -0.3 is 9.64 Å². The van der Waals surface area contributed by atoms with Crippen molar-refractivity contribution in [1.29, 1.82) is 0 Å². The Morgan fingerprint density at radius 1 is 1.56 bits per heavy atom. The van der Waals surface area contributed by atoms with E-state index in [1.54, 1.807) is 6.07 Å². The van der Waals surface area contributed by atoms with E-state index in [0.717, 1.165) is 30.9 Å². The summed E-state index contributed by atoms with van der Waals surface area (Å²) in [5.74, 6) is -0.186. The molecule has 0 aromatic heterocycles. The highest BCUT2D eigenvalue weighted by molar-refractivity contribution is 9.08. The highest BCUT2D eigenvalue weighted by atomic mass is 79.9. The topological polar surface area (TPSA) is 12.5 Å². The van der Waals surface area contributed by atoms with Crippen LogP contribution in [-0.2, 0) is 10.1 Å². The van der Waals surface area contributed by atoms with Crippen LogP contribution in [0.25, 0.3) is 0 Å². The lowest BCUT2D eigenvalue weighted by Gasteiger charge is -2.27. The molecule has 88 valence electrons. The maximum atomic E-state index is 13.1. The first-order valence-corrected chi connectivity index (χ1v) is 6.49. The van der Waals surface area contributed by atoms with Crippen LogP contribution in [0.2, 0.25) is 0 Å². The number of halogens is 2. The van der Waals surface area contributed by atoms with Gasteiger partial charge >= 0.3 is 0 Å². The van der Waals surface area contributed by atoms with Gasteiger partial charge in [0.2, 0.25) is 0 Å². The molecule has 1 heterocycles. The molecule has 1 aliphatic heterocycles. The third kappa shape index (κ3) is 2.38. The van der Waals surface area contributed by atoms with Gasteiger partial charge in [-0.05, 0) is 30.2 Å². The van der Waals surface area contributed by atoms with Gasteiger partial charge in [0.05, 0.1) is 12.6 Å². The minimum atomic E-state index is -0.186. The van der Waals surface area contributed by atoms with Gasteiger partial charge in [0.1, 0.15) is 5.82 Å². The lowest BCUT2D eigenvalue weighted by Crippen LogP contribution is -2.32. The summed E-state index contributed by atoms with van der Waals surface area (Å²) in [7, 11) is 2.04. The molecule has 0 aliphatic carbocycles. The molecule has 1 saturated heterocycles. The first-order chi connectivity index (χ1) is 7.72. The highest BCUT2D eigenvalue weighted by Gasteiger charge is 2.22. The number of alkyl halides is 1. The third-order valence-electron chi connectivity index (χ3n) is 3.02. The van der Waals surface area contributed by atoms with Crippen LogP contribution in [0.3, 0.4) is 0 Å². The van der Waals surface area contributed by atoms with E-state index in [4.69, 9.17) is 4.74 Å². The lowest BCUT2D eigenvalue weighted by molar-refractivity contribution is 0.193. The second-order valence-electron chi connectivity index (χ2n) is 4.03. The van der Waals surface area contributed by atoms with Gasteiger partial charge in [-0.1, -0.05) is 15.9 Å². The van der Waals surface area contributed by atoms with E-state index in [9.17, 15) is 4.39 Å². The molecule has 2 rings (SSSR count). The van der Waals surface area contributed by atoms with Crippen LogP contribution in [0.5, 0.6) is 0 Å². The van der Waals surface area contributed by atoms with E-state index >= 15 is 0 Å². The largest absolute Gasteiger partial charge is 0.379 e. The normalized spacial score (nSPS) is 20.1. The molecule has 0 amide bonds. The average molecular weight is 288 g/mol. The van der Waals surface area contributed by atoms with Crippen LogP contribution in [0.1, 0.15) is 12.0 Å². The molecular weight excluding hydrogens is 273 g/mol. The molecule has 0 bridgehead atoms. The van der Waals surface area contributed by atoms with E-state index in [-0.39, 0.29) is 5.82 Å². The van der Waals surface area contributed by atoms with Crippen LogP contribution in [-0.4, -0.2) is 26.3 Å². The Labute approximate surface area is 104 Å². The molecule has 2 nitrogen and oxygen atoms in total. The number of benzene rings is 1. The summed E-state index contributed by atoms with van der Waals surface area (Å²) in [6.45, 7) is 1.58. The Hall–Kier alpha value is -0.610. The maximum Gasteiger partial charge on any atom is 0.123 e. The second kappa shape index (κ2) is 5.15. The van der Waals surface area contributed by atoms with Crippen molar-refractivity contribution in [3.63, 3.8) is 0 Å². The first-order valence-electron chi connectivity index (χ1n) is 5.37. The van der Waals surface area contributed by atoms with Gasteiger partial charge in [-0.15, -0.1) is 0 Å². The number of rotatable bonds is 3. The molecule has 0 radical (unpaired) electrons. The van der Waals surface area contributed by atoms with Crippen molar-refractivity contribution in [3.8, 4) is 0 Å². The van der Waals surface area contributed by atoms with E-state index < -0.39 is 0 Å². The summed E-state index contributed by atoms with van der Waals surface area (Å²) in [6.07, 6.45) is 1.04. The number of nitrogens with zero attached hydrogens (tertiary/aromatic N) is 1. The van der Waals surface area contributed by atoms with Crippen LogP contribution >= 0.6 is 15.9 Å². The van der Waals surface area contributed by atoms with Crippen molar-refractivity contribution in [3.05, 3.63) is 29.6 Å². The summed E-state index contributed by atoms with van der Waals surface area (Å²) in [4.78, 5) is 2.18. The zero-order valence-corrected chi connectivity index (χ0v) is 10.8. The molecule has 0 spiro atoms. The van der Waals surface area contributed by atoms with E-state index in [1.165, 1.54) is 6.07 Å². The predicted molar refractivity (Wildman–Crippen MR) is 66.7 cm³/mol. The van der Waals surface area contributed by atoms with Crippen molar-refractivity contribution in [2.45, 2.75) is 17.8 Å². The summed E-state index contributed by atoms with van der Waals surface area (Å²) in [5, 5.41) is 0.665. The second-order valence-corrected chi connectivity index (χ2v) is 4.60. The van der Waals surface area contributed by atoms with Crippen molar-refractivity contribution in [1.82, 2.24) is 0 Å².